The Morgan fingerprint density at radius 2 is 1.95 bits per heavy atom. The summed E-state index contributed by atoms with van der Waals surface area (Å²) in [6.07, 6.45) is 0. The number of nitrogens with one attached hydrogen (secondary N) is 2. The molecule has 0 saturated carbocycles. The number of pyridine rings is 1. The monoisotopic (exact) mass is 291 g/mol. The van der Waals surface area contributed by atoms with Crippen LogP contribution < -0.4 is 10.6 Å². The highest BCUT2D eigenvalue weighted by atomic mass is 35.5. The van der Waals surface area contributed by atoms with Crippen molar-refractivity contribution in [2.24, 2.45) is 0 Å². The first-order valence-corrected chi connectivity index (χ1v) is 6.61. The molecule has 2 aromatic rings. The van der Waals surface area contributed by atoms with Gasteiger partial charge in [-0.2, -0.15) is 0 Å². The quantitative estimate of drug-likeness (QED) is 0.815. The molecule has 3 nitrogen and oxygen atoms in total. The molecule has 0 aliphatic heterocycles. The molecule has 0 saturated heterocycles. The smallest absolute Gasteiger partial charge is 0.176 e. The normalized spacial score (nSPS) is 10.1. The molecule has 1 heterocycles. The SMILES string of the molecule is Cc1cccc(NC(=S)Nc2cc(Cl)ccc2C)n1. The molecule has 1 aromatic heterocycles. The molecule has 5 heteroatoms. The minimum Gasteiger partial charge on any atom is -0.332 e. The van der Waals surface area contributed by atoms with Crippen LogP contribution in [0, 0.1) is 13.8 Å². The van der Waals surface area contributed by atoms with Gasteiger partial charge in [-0.25, -0.2) is 4.98 Å². The molecule has 0 fully saturated rings. The van der Waals surface area contributed by atoms with Crippen molar-refractivity contribution >= 4 is 40.4 Å². The standard InChI is InChI=1S/C14H14ClN3S/c1-9-6-7-11(15)8-12(9)17-14(19)18-13-5-3-4-10(2)16-13/h3-8H,1-2H3,(H2,16,17,18,19). The number of anilines is 2. The van der Waals surface area contributed by atoms with Crippen LogP contribution >= 0.6 is 23.8 Å². The van der Waals surface area contributed by atoms with Gasteiger partial charge < -0.3 is 10.6 Å². The number of halogens is 1. The van der Waals surface area contributed by atoms with Crippen LogP contribution in [0.4, 0.5) is 11.5 Å². The fourth-order valence-electron chi connectivity index (χ4n) is 1.61. The molecule has 0 radical (unpaired) electrons. The predicted octanol–water partition coefficient (Wildman–Crippen LogP) is 4.16. The second-order valence-corrected chi connectivity index (χ2v) is 5.05. The fraction of sp³-hybridized carbons (Fsp3) is 0.143. The van der Waals surface area contributed by atoms with E-state index in [-0.39, 0.29) is 0 Å². The van der Waals surface area contributed by atoms with Gasteiger partial charge in [0.05, 0.1) is 0 Å². The van der Waals surface area contributed by atoms with Crippen molar-refractivity contribution in [2.75, 3.05) is 10.6 Å². The van der Waals surface area contributed by atoms with Crippen molar-refractivity contribution in [3.63, 3.8) is 0 Å². The summed E-state index contributed by atoms with van der Waals surface area (Å²) >= 11 is 11.2. The van der Waals surface area contributed by atoms with Crippen LogP contribution in [0.5, 0.6) is 0 Å². The molecular weight excluding hydrogens is 278 g/mol. The molecule has 2 rings (SSSR count). The number of rotatable bonds is 2. The van der Waals surface area contributed by atoms with E-state index in [9.17, 15) is 0 Å². The van der Waals surface area contributed by atoms with Gasteiger partial charge in [0.25, 0.3) is 0 Å². The summed E-state index contributed by atoms with van der Waals surface area (Å²) in [5.74, 6) is 0.720. The van der Waals surface area contributed by atoms with Gasteiger partial charge in [0.15, 0.2) is 5.11 Å². The maximum atomic E-state index is 5.97. The molecular formula is C14H14ClN3S. The summed E-state index contributed by atoms with van der Waals surface area (Å²) in [6, 6.07) is 11.4. The first-order chi connectivity index (χ1) is 9.04. The van der Waals surface area contributed by atoms with Gasteiger partial charge in [-0.05, 0) is 55.9 Å². The first kappa shape index (κ1) is 13.8. The molecule has 0 atom stereocenters. The summed E-state index contributed by atoms with van der Waals surface area (Å²) < 4.78 is 0. The van der Waals surface area contributed by atoms with Crippen molar-refractivity contribution in [3.8, 4) is 0 Å². The van der Waals surface area contributed by atoms with Crippen LogP contribution in [-0.2, 0) is 0 Å². The van der Waals surface area contributed by atoms with Crippen LogP contribution in [0.2, 0.25) is 5.02 Å². The summed E-state index contributed by atoms with van der Waals surface area (Å²) in [4.78, 5) is 4.33. The Bertz CT molecular complexity index is 613. The third kappa shape index (κ3) is 3.91. The molecule has 98 valence electrons. The van der Waals surface area contributed by atoms with Crippen molar-refractivity contribution < 1.29 is 0 Å². The van der Waals surface area contributed by atoms with Crippen LogP contribution in [0.1, 0.15) is 11.3 Å². The van der Waals surface area contributed by atoms with Gasteiger partial charge in [-0.15, -0.1) is 0 Å². The molecule has 2 N–H and O–H groups in total. The lowest BCUT2D eigenvalue weighted by Crippen LogP contribution is -2.20. The van der Waals surface area contributed by atoms with Crippen LogP contribution in [0.15, 0.2) is 36.4 Å². The van der Waals surface area contributed by atoms with E-state index in [2.05, 4.69) is 15.6 Å². The molecule has 1 aromatic carbocycles. The summed E-state index contributed by atoms with van der Waals surface area (Å²) in [7, 11) is 0. The zero-order valence-corrected chi connectivity index (χ0v) is 12.3. The molecule has 0 spiro atoms. The fourth-order valence-corrected chi connectivity index (χ4v) is 2.00. The maximum absolute atomic E-state index is 5.97. The van der Waals surface area contributed by atoms with Crippen LogP contribution in [0.3, 0.4) is 0 Å². The Balaban J connectivity index is 2.07. The molecule has 0 aliphatic rings. The second-order valence-electron chi connectivity index (χ2n) is 4.20. The maximum Gasteiger partial charge on any atom is 0.176 e. The van der Waals surface area contributed by atoms with Gasteiger partial charge in [0, 0.05) is 16.4 Å². The summed E-state index contributed by atoms with van der Waals surface area (Å²) in [5, 5.41) is 7.32. The van der Waals surface area contributed by atoms with E-state index in [1.807, 2.05) is 50.2 Å². The first-order valence-electron chi connectivity index (χ1n) is 5.82. The van der Waals surface area contributed by atoms with Gasteiger partial charge in [0.2, 0.25) is 0 Å². The third-order valence-electron chi connectivity index (χ3n) is 2.58. The van der Waals surface area contributed by atoms with Crippen molar-refractivity contribution in [2.45, 2.75) is 13.8 Å². The number of aromatic nitrogens is 1. The predicted molar refractivity (Wildman–Crippen MR) is 85.0 cm³/mol. The van der Waals surface area contributed by atoms with E-state index in [0.717, 1.165) is 22.8 Å². The largest absolute Gasteiger partial charge is 0.332 e. The lowest BCUT2D eigenvalue weighted by atomic mass is 10.2. The second kappa shape index (κ2) is 5.99. The number of benzene rings is 1. The van der Waals surface area contributed by atoms with Crippen molar-refractivity contribution in [1.29, 1.82) is 0 Å². The Kier molecular flexibility index (Phi) is 4.35. The third-order valence-corrected chi connectivity index (χ3v) is 3.02. The van der Waals surface area contributed by atoms with Gasteiger partial charge in [-0.1, -0.05) is 23.7 Å². The number of thiocarbonyl (C=S) groups is 1. The Morgan fingerprint density at radius 1 is 1.16 bits per heavy atom. The highest BCUT2D eigenvalue weighted by molar-refractivity contribution is 7.80. The minimum absolute atomic E-state index is 0.489. The highest BCUT2D eigenvalue weighted by Gasteiger charge is 2.03. The van der Waals surface area contributed by atoms with Crippen molar-refractivity contribution in [3.05, 3.63) is 52.7 Å². The molecule has 0 amide bonds. The topological polar surface area (TPSA) is 37.0 Å². The summed E-state index contributed by atoms with van der Waals surface area (Å²) in [6.45, 7) is 3.93. The minimum atomic E-state index is 0.489. The number of hydrogen-bond acceptors (Lipinski definition) is 2. The van der Waals surface area contributed by atoms with Gasteiger partial charge in [-0.3, -0.25) is 0 Å². The lowest BCUT2D eigenvalue weighted by Gasteiger charge is -2.12. The van der Waals surface area contributed by atoms with E-state index < -0.39 is 0 Å². The van der Waals surface area contributed by atoms with Crippen molar-refractivity contribution in [1.82, 2.24) is 4.98 Å². The zero-order valence-electron chi connectivity index (χ0n) is 10.7. The Morgan fingerprint density at radius 3 is 2.68 bits per heavy atom. The van der Waals surface area contributed by atoms with Crippen LogP contribution in [-0.4, -0.2) is 10.1 Å². The number of hydrogen-bond donors (Lipinski definition) is 2. The van der Waals surface area contributed by atoms with E-state index in [4.69, 9.17) is 23.8 Å². The van der Waals surface area contributed by atoms with Gasteiger partial charge in [0.1, 0.15) is 5.82 Å². The van der Waals surface area contributed by atoms with Crippen LogP contribution in [0.25, 0.3) is 0 Å². The van der Waals surface area contributed by atoms with E-state index in [1.165, 1.54) is 0 Å². The van der Waals surface area contributed by atoms with E-state index in [1.54, 1.807) is 0 Å². The van der Waals surface area contributed by atoms with Gasteiger partial charge >= 0.3 is 0 Å². The molecule has 0 aliphatic carbocycles. The molecule has 19 heavy (non-hydrogen) atoms. The lowest BCUT2D eigenvalue weighted by molar-refractivity contribution is 1.20. The zero-order chi connectivity index (χ0) is 13.8. The molecule has 0 unspecified atom stereocenters. The van der Waals surface area contributed by atoms with E-state index in [0.29, 0.717) is 10.1 Å². The average molecular weight is 292 g/mol. The highest BCUT2D eigenvalue weighted by Crippen LogP contribution is 2.20. The Labute approximate surface area is 123 Å². The average Bonchev–Trinajstić information content (AvgIpc) is 2.34. The van der Waals surface area contributed by atoms with E-state index >= 15 is 0 Å². The number of aryl methyl sites for hydroxylation is 2. The Hall–Kier alpha value is -1.65. The number of nitrogens with zero attached hydrogens (tertiary/aromatic N) is 1. The molecule has 0 bridgehead atoms. The summed E-state index contributed by atoms with van der Waals surface area (Å²) in [5.41, 5.74) is 2.90.